The number of esters is 1. The molecule has 3 aromatic heterocycles. The van der Waals surface area contributed by atoms with Crippen molar-refractivity contribution in [1.29, 1.82) is 0 Å². The van der Waals surface area contributed by atoms with Gasteiger partial charge in [-0.3, -0.25) is 4.98 Å². The fourth-order valence-corrected chi connectivity index (χ4v) is 3.44. The molecule has 0 aliphatic carbocycles. The van der Waals surface area contributed by atoms with Gasteiger partial charge in [0.1, 0.15) is 5.52 Å². The maximum Gasteiger partial charge on any atom is 0.404 e. The molecule has 0 aliphatic heterocycles. The van der Waals surface area contributed by atoms with Crippen molar-refractivity contribution < 1.29 is 14.5 Å². The van der Waals surface area contributed by atoms with Crippen molar-refractivity contribution in [2.24, 2.45) is 0 Å². The molecule has 1 aromatic carbocycles. The Balaban J connectivity index is 2.12. The Labute approximate surface area is 150 Å². The lowest BCUT2D eigenvalue weighted by atomic mass is 10.0. The molecule has 0 aliphatic rings. The lowest BCUT2D eigenvalue weighted by Crippen LogP contribution is -2.24. The molecule has 2 N–H and O–H groups in total. The standard InChI is InChI=1S/C20H20N4O2/c1-5-12-16-15(9-22-18(12)20(25)26-10(2)3)24-13-6-7-14-19(17(13)16)23-11(4)8-21-14/h6-10,23H,5H2,1-4H3/p+1. The Bertz CT molecular complexity index is 1160. The van der Waals surface area contributed by atoms with E-state index in [-0.39, 0.29) is 12.1 Å². The van der Waals surface area contributed by atoms with Crippen LogP contribution in [0.25, 0.3) is 32.8 Å². The molecule has 3 heterocycles. The summed E-state index contributed by atoms with van der Waals surface area (Å²) in [6, 6.07) is 3.93. The molecule has 0 saturated carbocycles. The summed E-state index contributed by atoms with van der Waals surface area (Å²) in [4.78, 5) is 28.3. The van der Waals surface area contributed by atoms with Gasteiger partial charge in [0.05, 0.1) is 22.7 Å². The van der Waals surface area contributed by atoms with Gasteiger partial charge in [-0.25, -0.2) is 14.8 Å². The summed E-state index contributed by atoms with van der Waals surface area (Å²) in [5.41, 5.74) is 5.90. The number of aromatic nitrogens is 4. The number of hydrogen-bond acceptors (Lipinski definition) is 4. The highest BCUT2D eigenvalue weighted by Crippen LogP contribution is 2.33. The van der Waals surface area contributed by atoms with Crippen molar-refractivity contribution in [2.45, 2.75) is 40.2 Å². The van der Waals surface area contributed by atoms with Crippen molar-refractivity contribution in [3.8, 4) is 0 Å². The zero-order valence-electron chi connectivity index (χ0n) is 15.3. The summed E-state index contributed by atoms with van der Waals surface area (Å²) in [6.07, 6.45) is 4.10. The van der Waals surface area contributed by atoms with E-state index >= 15 is 0 Å². The van der Waals surface area contributed by atoms with Crippen molar-refractivity contribution in [1.82, 2.24) is 15.0 Å². The van der Waals surface area contributed by atoms with Gasteiger partial charge < -0.3 is 9.72 Å². The maximum atomic E-state index is 12.6. The Kier molecular flexibility index (Phi) is 3.83. The molecule has 6 nitrogen and oxygen atoms in total. The quantitative estimate of drug-likeness (QED) is 0.574. The number of ether oxygens (including phenoxy) is 1. The van der Waals surface area contributed by atoms with Crippen LogP contribution in [0.2, 0.25) is 0 Å². The number of carbonyl (C=O) groups excluding carboxylic acids is 1. The van der Waals surface area contributed by atoms with E-state index in [4.69, 9.17) is 9.72 Å². The fraction of sp³-hybridized carbons (Fsp3) is 0.300. The Morgan fingerprint density at radius 1 is 1.23 bits per heavy atom. The highest BCUT2D eigenvalue weighted by atomic mass is 16.5. The number of hydrogen-bond donors (Lipinski definition) is 1. The van der Waals surface area contributed by atoms with E-state index < -0.39 is 0 Å². The van der Waals surface area contributed by atoms with Crippen LogP contribution in [0.1, 0.15) is 42.5 Å². The van der Waals surface area contributed by atoms with Gasteiger partial charge in [0.15, 0.2) is 6.20 Å². The van der Waals surface area contributed by atoms with Gasteiger partial charge >= 0.3 is 5.97 Å². The number of H-pyrrole nitrogens is 2. The third-order valence-electron chi connectivity index (χ3n) is 4.49. The Hall–Kier alpha value is -3.02. The first kappa shape index (κ1) is 16.4. The molecule has 132 valence electrons. The van der Waals surface area contributed by atoms with E-state index in [2.05, 4.69) is 15.0 Å². The van der Waals surface area contributed by atoms with Gasteiger partial charge in [0.25, 0.3) is 5.69 Å². The van der Waals surface area contributed by atoms with Crippen LogP contribution in [0.4, 0.5) is 0 Å². The molecule has 0 amide bonds. The molecule has 0 saturated heterocycles. The molecule has 0 atom stereocenters. The monoisotopic (exact) mass is 349 g/mol. The van der Waals surface area contributed by atoms with Crippen LogP contribution >= 0.6 is 0 Å². The van der Waals surface area contributed by atoms with Crippen molar-refractivity contribution in [3.05, 3.63) is 41.5 Å². The molecule has 4 rings (SSSR count). The first-order valence-corrected chi connectivity index (χ1v) is 8.82. The molecule has 0 spiro atoms. The normalized spacial score (nSPS) is 11.7. The average molecular weight is 349 g/mol. The van der Waals surface area contributed by atoms with Gasteiger partial charge in [0.2, 0.25) is 0 Å². The minimum absolute atomic E-state index is 0.174. The number of aromatic amines is 2. The number of aryl methyl sites for hydroxylation is 2. The second-order valence-corrected chi connectivity index (χ2v) is 6.74. The zero-order chi connectivity index (χ0) is 18.4. The van der Waals surface area contributed by atoms with Gasteiger partial charge in [-0.1, -0.05) is 6.92 Å². The van der Waals surface area contributed by atoms with Crippen LogP contribution in [0.3, 0.4) is 0 Å². The number of nitrogens with zero attached hydrogens (tertiary/aromatic N) is 2. The fourth-order valence-electron chi connectivity index (χ4n) is 3.44. The number of rotatable bonds is 3. The molecular formula is C20H21N4O2+. The predicted molar refractivity (Wildman–Crippen MR) is 100 cm³/mol. The maximum absolute atomic E-state index is 12.6. The van der Waals surface area contributed by atoms with Crippen molar-refractivity contribution in [3.63, 3.8) is 0 Å². The lowest BCUT2D eigenvalue weighted by Gasteiger charge is -2.08. The Morgan fingerprint density at radius 3 is 2.73 bits per heavy atom. The first-order valence-electron chi connectivity index (χ1n) is 8.82. The van der Waals surface area contributed by atoms with Gasteiger partial charge in [-0.15, -0.1) is 0 Å². The molecule has 0 fully saturated rings. The van der Waals surface area contributed by atoms with Crippen molar-refractivity contribution in [2.75, 3.05) is 0 Å². The van der Waals surface area contributed by atoms with E-state index in [1.165, 1.54) is 0 Å². The summed E-state index contributed by atoms with van der Waals surface area (Å²) in [6.45, 7) is 7.70. The van der Waals surface area contributed by atoms with E-state index in [1.807, 2.05) is 46.0 Å². The van der Waals surface area contributed by atoms with Crippen LogP contribution in [0.15, 0.2) is 24.5 Å². The number of fused-ring (bicyclic) bond motifs is 5. The summed E-state index contributed by atoms with van der Waals surface area (Å²) in [7, 11) is 0. The van der Waals surface area contributed by atoms with Crippen LogP contribution in [-0.2, 0) is 11.2 Å². The van der Waals surface area contributed by atoms with E-state index in [0.717, 1.165) is 44.1 Å². The smallest absolute Gasteiger partial charge is 0.404 e. The van der Waals surface area contributed by atoms with Crippen LogP contribution in [-0.4, -0.2) is 27.0 Å². The highest BCUT2D eigenvalue weighted by Gasteiger charge is 2.26. The second-order valence-electron chi connectivity index (χ2n) is 6.74. The number of pyridine rings is 1. The Morgan fingerprint density at radius 2 is 2.00 bits per heavy atom. The summed E-state index contributed by atoms with van der Waals surface area (Å²) in [5.74, 6) is -0.341. The third-order valence-corrected chi connectivity index (χ3v) is 4.49. The molecule has 26 heavy (non-hydrogen) atoms. The van der Waals surface area contributed by atoms with E-state index in [1.54, 1.807) is 6.20 Å². The second kappa shape index (κ2) is 6.05. The number of benzene rings is 1. The minimum Gasteiger partial charge on any atom is -0.455 e. The van der Waals surface area contributed by atoms with Crippen LogP contribution in [0.5, 0.6) is 0 Å². The summed E-state index contributed by atoms with van der Waals surface area (Å²) < 4.78 is 5.41. The first-order chi connectivity index (χ1) is 12.5. The zero-order valence-corrected chi connectivity index (χ0v) is 15.3. The molecule has 4 aromatic rings. The van der Waals surface area contributed by atoms with Gasteiger partial charge in [-0.05, 0) is 39.3 Å². The largest absolute Gasteiger partial charge is 0.455 e. The highest BCUT2D eigenvalue weighted by molar-refractivity contribution is 6.19. The number of carbonyl (C=O) groups is 1. The molecule has 0 radical (unpaired) electrons. The van der Waals surface area contributed by atoms with Crippen LogP contribution in [0, 0.1) is 6.92 Å². The average Bonchev–Trinajstić information content (AvgIpc) is 2.99. The van der Waals surface area contributed by atoms with Gasteiger partial charge in [0, 0.05) is 28.2 Å². The number of nitrogens with one attached hydrogen (secondary N) is 2. The van der Waals surface area contributed by atoms with Gasteiger partial charge in [-0.2, -0.15) is 0 Å². The summed E-state index contributed by atoms with van der Waals surface area (Å²) in [5, 5.41) is 1.98. The molecule has 0 bridgehead atoms. The molecule has 6 heteroatoms. The topological polar surface area (TPSA) is 82.0 Å². The van der Waals surface area contributed by atoms with E-state index in [0.29, 0.717) is 12.1 Å². The summed E-state index contributed by atoms with van der Waals surface area (Å²) >= 11 is 0. The lowest BCUT2D eigenvalue weighted by molar-refractivity contribution is -0.382. The third kappa shape index (κ3) is 2.49. The minimum atomic E-state index is -0.341. The van der Waals surface area contributed by atoms with Crippen molar-refractivity contribution >= 4 is 38.8 Å². The predicted octanol–water partition coefficient (Wildman–Crippen LogP) is 3.51. The van der Waals surface area contributed by atoms with Crippen LogP contribution < -0.4 is 4.98 Å². The van der Waals surface area contributed by atoms with E-state index in [9.17, 15) is 4.79 Å². The molecule has 0 unspecified atom stereocenters. The SMILES string of the molecule is CCc1c(C(=O)OC(C)C)[nH+]cc2nc3ccc4ncc(C)[nH]c4c3c12. The molecular weight excluding hydrogens is 328 g/mol.